The van der Waals surface area contributed by atoms with Crippen molar-refractivity contribution in [2.45, 2.75) is 20.3 Å². The van der Waals surface area contributed by atoms with Gasteiger partial charge in [-0.1, -0.05) is 13.0 Å². The van der Waals surface area contributed by atoms with Gasteiger partial charge in [0.25, 0.3) is 0 Å². The molecular weight excluding hydrogens is 276 g/mol. The fraction of sp³-hybridized carbons (Fsp3) is 0.500. The highest BCUT2D eigenvalue weighted by molar-refractivity contribution is 5.79. The normalized spacial score (nSPS) is 10.0. The van der Waals surface area contributed by atoms with Gasteiger partial charge in [0.05, 0.1) is 18.6 Å². The molecule has 0 aliphatic carbocycles. The van der Waals surface area contributed by atoms with Crippen LogP contribution >= 0.6 is 0 Å². The standard InChI is InChI=1S/C14H20N2O5/c1-4-9-21-12-8-6-7-11(14(12)16(18)19)15(5-2)10-13(17)20-3/h6-8H,4-5,9-10H2,1-3H3. The van der Waals surface area contributed by atoms with Gasteiger partial charge in [0.2, 0.25) is 0 Å². The molecule has 116 valence electrons. The van der Waals surface area contributed by atoms with Gasteiger partial charge in [-0.25, -0.2) is 0 Å². The van der Waals surface area contributed by atoms with Crippen LogP contribution in [0.2, 0.25) is 0 Å². The highest BCUT2D eigenvalue weighted by atomic mass is 16.6. The number of hydrogen-bond acceptors (Lipinski definition) is 6. The fourth-order valence-corrected chi connectivity index (χ4v) is 1.87. The maximum Gasteiger partial charge on any atom is 0.333 e. The molecule has 0 radical (unpaired) electrons. The maximum atomic E-state index is 11.4. The van der Waals surface area contributed by atoms with E-state index in [0.717, 1.165) is 6.42 Å². The van der Waals surface area contributed by atoms with Crippen LogP contribution in [0.1, 0.15) is 20.3 Å². The lowest BCUT2D eigenvalue weighted by molar-refractivity contribution is -0.385. The Morgan fingerprint density at radius 3 is 2.62 bits per heavy atom. The Labute approximate surface area is 123 Å². The third kappa shape index (κ3) is 4.34. The Morgan fingerprint density at radius 1 is 1.38 bits per heavy atom. The number of esters is 1. The quantitative estimate of drug-likeness (QED) is 0.416. The van der Waals surface area contributed by atoms with E-state index < -0.39 is 10.9 Å². The summed E-state index contributed by atoms with van der Waals surface area (Å²) >= 11 is 0. The van der Waals surface area contributed by atoms with Crippen molar-refractivity contribution in [2.24, 2.45) is 0 Å². The van der Waals surface area contributed by atoms with Crippen LogP contribution in [0.25, 0.3) is 0 Å². The zero-order valence-electron chi connectivity index (χ0n) is 12.5. The topological polar surface area (TPSA) is 81.9 Å². The molecule has 0 amide bonds. The smallest absolute Gasteiger partial charge is 0.333 e. The molecule has 0 spiro atoms. The first-order valence-corrected chi connectivity index (χ1v) is 6.77. The molecule has 0 atom stereocenters. The van der Waals surface area contributed by atoms with Gasteiger partial charge in [0.1, 0.15) is 12.2 Å². The molecule has 0 aliphatic rings. The molecule has 0 heterocycles. The van der Waals surface area contributed by atoms with Crippen LogP contribution in [0.4, 0.5) is 11.4 Å². The molecule has 0 unspecified atom stereocenters. The number of methoxy groups -OCH3 is 1. The maximum absolute atomic E-state index is 11.4. The average molecular weight is 296 g/mol. The molecule has 21 heavy (non-hydrogen) atoms. The summed E-state index contributed by atoms with van der Waals surface area (Å²) in [6.07, 6.45) is 0.751. The minimum Gasteiger partial charge on any atom is -0.487 e. The minimum absolute atomic E-state index is 0.0505. The predicted molar refractivity (Wildman–Crippen MR) is 78.8 cm³/mol. The number of rotatable bonds is 8. The van der Waals surface area contributed by atoms with E-state index in [-0.39, 0.29) is 18.0 Å². The van der Waals surface area contributed by atoms with Crippen molar-refractivity contribution in [2.75, 3.05) is 31.7 Å². The van der Waals surface area contributed by atoms with Crippen LogP contribution in [0, 0.1) is 10.1 Å². The molecule has 7 heteroatoms. The van der Waals surface area contributed by atoms with E-state index in [2.05, 4.69) is 4.74 Å². The Bertz CT molecular complexity index is 504. The number of para-hydroxylation sites is 1. The van der Waals surface area contributed by atoms with Gasteiger partial charge in [-0.05, 0) is 25.5 Å². The summed E-state index contributed by atoms with van der Waals surface area (Å²) < 4.78 is 10.0. The largest absolute Gasteiger partial charge is 0.487 e. The molecule has 0 aliphatic heterocycles. The lowest BCUT2D eigenvalue weighted by atomic mass is 10.2. The van der Waals surface area contributed by atoms with Crippen molar-refractivity contribution in [1.29, 1.82) is 0 Å². The molecule has 0 aromatic heterocycles. The second kappa shape index (κ2) is 8.08. The highest BCUT2D eigenvalue weighted by Crippen LogP contribution is 2.37. The number of nitrogens with zero attached hydrogens (tertiary/aromatic N) is 2. The third-order valence-electron chi connectivity index (χ3n) is 2.89. The Morgan fingerprint density at radius 2 is 2.10 bits per heavy atom. The minimum atomic E-state index is -0.486. The van der Waals surface area contributed by atoms with Gasteiger partial charge in [0, 0.05) is 6.54 Å². The summed E-state index contributed by atoms with van der Waals surface area (Å²) in [4.78, 5) is 23.9. The van der Waals surface area contributed by atoms with Gasteiger partial charge in [-0.3, -0.25) is 14.9 Å². The number of nitro benzene ring substituents is 1. The zero-order chi connectivity index (χ0) is 15.8. The van der Waals surface area contributed by atoms with Gasteiger partial charge in [-0.2, -0.15) is 0 Å². The lowest BCUT2D eigenvalue weighted by Crippen LogP contribution is -2.30. The second-order valence-corrected chi connectivity index (χ2v) is 4.32. The van der Waals surface area contributed by atoms with Gasteiger partial charge in [-0.15, -0.1) is 0 Å². The zero-order valence-corrected chi connectivity index (χ0v) is 12.5. The molecule has 0 fully saturated rings. The first-order valence-electron chi connectivity index (χ1n) is 6.77. The van der Waals surface area contributed by atoms with Crippen LogP contribution < -0.4 is 9.64 Å². The van der Waals surface area contributed by atoms with Gasteiger partial charge >= 0.3 is 11.7 Å². The van der Waals surface area contributed by atoms with E-state index >= 15 is 0 Å². The summed E-state index contributed by atoms with van der Waals surface area (Å²) in [5.74, 6) is -0.242. The molecule has 0 N–H and O–H groups in total. The van der Waals surface area contributed by atoms with E-state index in [1.54, 1.807) is 23.1 Å². The number of ether oxygens (including phenoxy) is 2. The van der Waals surface area contributed by atoms with Crippen molar-refractivity contribution >= 4 is 17.3 Å². The van der Waals surface area contributed by atoms with Crippen LogP contribution in [-0.4, -0.2) is 37.7 Å². The number of carbonyl (C=O) groups excluding carboxylic acids is 1. The van der Waals surface area contributed by atoms with Crippen molar-refractivity contribution in [3.63, 3.8) is 0 Å². The van der Waals surface area contributed by atoms with E-state index in [0.29, 0.717) is 18.8 Å². The van der Waals surface area contributed by atoms with Crippen LogP contribution in [0.15, 0.2) is 18.2 Å². The third-order valence-corrected chi connectivity index (χ3v) is 2.89. The molecular formula is C14H20N2O5. The van der Waals surface area contributed by atoms with Crippen molar-refractivity contribution in [3.05, 3.63) is 28.3 Å². The highest BCUT2D eigenvalue weighted by Gasteiger charge is 2.25. The van der Waals surface area contributed by atoms with E-state index in [4.69, 9.17) is 4.74 Å². The number of carbonyl (C=O) groups is 1. The number of nitro groups is 1. The molecule has 7 nitrogen and oxygen atoms in total. The van der Waals surface area contributed by atoms with Crippen LogP contribution in [0.3, 0.4) is 0 Å². The molecule has 1 rings (SSSR count). The summed E-state index contributed by atoms with van der Waals surface area (Å²) in [5.41, 5.74) is 0.221. The van der Waals surface area contributed by atoms with Gasteiger partial charge in [0.15, 0.2) is 5.75 Å². The molecule has 0 saturated heterocycles. The predicted octanol–water partition coefficient (Wildman–Crippen LogP) is 2.38. The van der Waals surface area contributed by atoms with E-state index in [1.807, 2.05) is 13.8 Å². The van der Waals surface area contributed by atoms with Crippen molar-refractivity contribution < 1.29 is 19.2 Å². The summed E-state index contributed by atoms with van der Waals surface area (Å²) in [5, 5.41) is 11.4. The number of benzene rings is 1. The van der Waals surface area contributed by atoms with Crippen molar-refractivity contribution in [1.82, 2.24) is 0 Å². The Balaban J connectivity index is 3.19. The Kier molecular flexibility index (Phi) is 6.45. The first kappa shape index (κ1) is 16.7. The van der Waals surface area contributed by atoms with E-state index in [1.165, 1.54) is 7.11 Å². The number of hydrogen-bond donors (Lipinski definition) is 0. The van der Waals surface area contributed by atoms with Crippen LogP contribution in [-0.2, 0) is 9.53 Å². The average Bonchev–Trinajstić information content (AvgIpc) is 2.49. The van der Waals surface area contributed by atoms with Gasteiger partial charge < -0.3 is 14.4 Å². The van der Waals surface area contributed by atoms with Crippen molar-refractivity contribution in [3.8, 4) is 5.75 Å². The van der Waals surface area contributed by atoms with E-state index in [9.17, 15) is 14.9 Å². The second-order valence-electron chi connectivity index (χ2n) is 4.32. The number of anilines is 1. The monoisotopic (exact) mass is 296 g/mol. The molecule has 0 saturated carbocycles. The summed E-state index contributed by atoms with van der Waals surface area (Å²) in [6.45, 7) is 4.52. The SMILES string of the molecule is CCCOc1cccc(N(CC)CC(=O)OC)c1[N+](=O)[O-]. The fourth-order valence-electron chi connectivity index (χ4n) is 1.87. The lowest BCUT2D eigenvalue weighted by Gasteiger charge is -2.22. The Hall–Kier alpha value is -2.31. The first-order chi connectivity index (χ1) is 10.0. The number of likely N-dealkylation sites (N-methyl/N-ethyl adjacent to an activating group) is 1. The molecule has 1 aromatic carbocycles. The molecule has 0 bridgehead atoms. The summed E-state index contributed by atoms with van der Waals surface area (Å²) in [7, 11) is 1.28. The molecule has 1 aromatic rings. The summed E-state index contributed by atoms with van der Waals surface area (Å²) in [6, 6.07) is 4.83. The van der Waals surface area contributed by atoms with Crippen LogP contribution in [0.5, 0.6) is 5.75 Å².